The Morgan fingerprint density at radius 3 is 2.33 bits per heavy atom. The number of nitrogens with zero attached hydrogens (tertiary/aromatic N) is 3. The number of benzene rings is 1. The van der Waals surface area contributed by atoms with Gasteiger partial charge >= 0.3 is 6.18 Å². The van der Waals surface area contributed by atoms with Crippen molar-refractivity contribution in [1.82, 2.24) is 14.7 Å². The Balaban J connectivity index is 1.68. The Hall–Kier alpha value is -2.18. The van der Waals surface area contributed by atoms with Crippen LogP contribution in [0.15, 0.2) is 24.4 Å². The number of hydrogen-bond donors (Lipinski definition) is 2. The Labute approximate surface area is 240 Å². The lowest BCUT2D eigenvalue weighted by atomic mass is 9.73. The van der Waals surface area contributed by atoms with Gasteiger partial charge in [0.15, 0.2) is 17.8 Å². The van der Waals surface area contributed by atoms with E-state index in [9.17, 15) is 33.0 Å². The minimum Gasteiger partial charge on any atom is -0.373 e. The van der Waals surface area contributed by atoms with E-state index in [1.165, 1.54) is 12.1 Å². The molecule has 13 heteroatoms. The van der Waals surface area contributed by atoms with Crippen molar-refractivity contribution in [2.24, 2.45) is 5.41 Å². The molecule has 2 aliphatic rings. The SMILES string of the molecule is CC1(C(O)O)CCC(n2ncc(C(=O)N(CC(=O)c3c(Cl)cccc3Cl)C[C@@]3(C)CCCO3)c2C(F)(F)F)CC1. The fraction of sp³-hybridized carbons (Fsp3) is 0.593. The molecule has 0 radical (unpaired) electrons. The van der Waals surface area contributed by atoms with Gasteiger partial charge in [-0.2, -0.15) is 18.3 Å². The summed E-state index contributed by atoms with van der Waals surface area (Å²) in [6, 6.07) is 3.78. The zero-order valence-electron chi connectivity index (χ0n) is 22.2. The summed E-state index contributed by atoms with van der Waals surface area (Å²) in [5.74, 6) is -1.64. The highest BCUT2D eigenvalue weighted by Gasteiger charge is 2.45. The summed E-state index contributed by atoms with van der Waals surface area (Å²) >= 11 is 12.4. The summed E-state index contributed by atoms with van der Waals surface area (Å²) in [6.07, 6.45) is -3.40. The number of hydrogen-bond acceptors (Lipinski definition) is 6. The molecule has 1 atom stereocenters. The Morgan fingerprint density at radius 1 is 1.18 bits per heavy atom. The summed E-state index contributed by atoms with van der Waals surface area (Å²) in [5.41, 5.74) is -3.60. The number of Topliss-reactive ketones (excluding diaryl/α,β-unsaturated/α-hetero) is 1. The maximum atomic E-state index is 14.5. The van der Waals surface area contributed by atoms with Gasteiger partial charge in [0.25, 0.3) is 5.91 Å². The van der Waals surface area contributed by atoms with Gasteiger partial charge in [-0.3, -0.25) is 14.3 Å². The predicted octanol–water partition coefficient (Wildman–Crippen LogP) is 5.54. The molecule has 1 aliphatic carbocycles. The lowest BCUT2D eigenvalue weighted by molar-refractivity contribution is -0.152. The predicted molar refractivity (Wildman–Crippen MR) is 141 cm³/mol. The van der Waals surface area contributed by atoms with E-state index < -0.39 is 59.0 Å². The number of rotatable bonds is 8. The van der Waals surface area contributed by atoms with Crippen molar-refractivity contribution in [3.05, 3.63) is 51.3 Å². The molecule has 1 saturated carbocycles. The Kier molecular flexibility index (Phi) is 8.92. The molecule has 220 valence electrons. The first-order chi connectivity index (χ1) is 18.7. The number of ether oxygens (including phenoxy) is 1. The lowest BCUT2D eigenvalue weighted by Crippen LogP contribution is -2.46. The van der Waals surface area contributed by atoms with Crippen LogP contribution in [0.2, 0.25) is 10.0 Å². The van der Waals surface area contributed by atoms with Crippen molar-refractivity contribution in [2.45, 2.75) is 76.5 Å². The van der Waals surface area contributed by atoms with Crippen LogP contribution in [0.1, 0.15) is 84.8 Å². The molecule has 0 spiro atoms. The van der Waals surface area contributed by atoms with E-state index in [0.29, 0.717) is 19.4 Å². The summed E-state index contributed by atoms with van der Waals surface area (Å²) < 4.78 is 50.0. The van der Waals surface area contributed by atoms with Crippen LogP contribution in [-0.4, -0.2) is 68.2 Å². The number of aliphatic hydroxyl groups excluding tert-OH is 1. The summed E-state index contributed by atoms with van der Waals surface area (Å²) in [6.45, 7) is 3.15. The molecule has 1 aliphatic heterocycles. The van der Waals surface area contributed by atoms with Crippen LogP contribution in [0.4, 0.5) is 13.2 Å². The van der Waals surface area contributed by atoms with Gasteiger partial charge in [0.2, 0.25) is 0 Å². The van der Waals surface area contributed by atoms with Crippen molar-refractivity contribution in [3.8, 4) is 0 Å². The maximum Gasteiger partial charge on any atom is 0.433 e. The van der Waals surface area contributed by atoms with Crippen LogP contribution >= 0.6 is 23.2 Å². The highest BCUT2D eigenvalue weighted by atomic mass is 35.5. The molecular formula is C27H32Cl2F3N3O5. The average Bonchev–Trinajstić information content (AvgIpc) is 3.50. The van der Waals surface area contributed by atoms with E-state index >= 15 is 0 Å². The van der Waals surface area contributed by atoms with Gasteiger partial charge in [0.1, 0.15) is 0 Å². The van der Waals surface area contributed by atoms with Crippen molar-refractivity contribution >= 4 is 34.9 Å². The van der Waals surface area contributed by atoms with Crippen LogP contribution < -0.4 is 0 Å². The molecule has 1 aromatic carbocycles. The molecule has 0 bridgehead atoms. The topological polar surface area (TPSA) is 105 Å². The van der Waals surface area contributed by atoms with Crippen molar-refractivity contribution in [1.29, 1.82) is 0 Å². The number of aliphatic hydroxyl groups is 2. The minimum absolute atomic E-state index is 0.0239. The van der Waals surface area contributed by atoms with E-state index in [1.807, 2.05) is 0 Å². The van der Waals surface area contributed by atoms with E-state index in [0.717, 1.165) is 15.8 Å². The standard InChI is InChI=1S/C27H32Cl2F3N3O5/c1-25(24(38)39)10-7-16(8-11-25)35-22(27(30,31)32)17(13-33-35)23(37)34(15-26(2)9-4-12-40-26)14-20(36)21-18(28)5-3-6-19(21)29/h3,5-6,13,16,24,38-39H,4,7-12,14-15H2,1-2H3/t16?,25?,26-/m1/s1. The van der Waals surface area contributed by atoms with Crippen LogP contribution in [0.5, 0.6) is 0 Å². The van der Waals surface area contributed by atoms with Gasteiger partial charge in [0.05, 0.1) is 52.1 Å². The van der Waals surface area contributed by atoms with Crippen LogP contribution in [-0.2, 0) is 10.9 Å². The van der Waals surface area contributed by atoms with Crippen LogP contribution in [0.25, 0.3) is 0 Å². The van der Waals surface area contributed by atoms with Crippen molar-refractivity contribution in [3.63, 3.8) is 0 Å². The molecule has 2 aromatic rings. The van der Waals surface area contributed by atoms with E-state index in [-0.39, 0.29) is 47.8 Å². The van der Waals surface area contributed by atoms with Crippen LogP contribution in [0, 0.1) is 5.41 Å². The third kappa shape index (κ3) is 6.33. The lowest BCUT2D eigenvalue weighted by Gasteiger charge is -2.39. The molecule has 2 fully saturated rings. The van der Waals surface area contributed by atoms with Crippen LogP contribution in [0.3, 0.4) is 0 Å². The third-order valence-electron chi connectivity index (χ3n) is 8.05. The zero-order chi connectivity index (χ0) is 29.5. The van der Waals surface area contributed by atoms with Gasteiger partial charge in [0, 0.05) is 12.0 Å². The van der Waals surface area contributed by atoms with Gasteiger partial charge in [-0.15, -0.1) is 0 Å². The third-order valence-corrected chi connectivity index (χ3v) is 8.68. The second-order valence-electron chi connectivity index (χ2n) is 11.2. The number of carbonyl (C=O) groups is 2. The van der Waals surface area contributed by atoms with Gasteiger partial charge < -0.3 is 19.8 Å². The first-order valence-electron chi connectivity index (χ1n) is 13.1. The number of amides is 1. The zero-order valence-corrected chi connectivity index (χ0v) is 23.7. The average molecular weight is 606 g/mol. The highest BCUT2D eigenvalue weighted by molar-refractivity contribution is 6.40. The second kappa shape index (κ2) is 11.6. The molecule has 1 saturated heterocycles. The van der Waals surface area contributed by atoms with Gasteiger partial charge in [-0.05, 0) is 57.6 Å². The van der Waals surface area contributed by atoms with E-state index in [1.54, 1.807) is 19.9 Å². The fourth-order valence-electron chi connectivity index (χ4n) is 5.59. The molecule has 1 aromatic heterocycles. The fourth-order valence-corrected chi connectivity index (χ4v) is 6.20. The molecule has 2 heterocycles. The molecule has 0 unspecified atom stereocenters. The molecule has 8 nitrogen and oxygen atoms in total. The molecule has 1 amide bonds. The normalized spacial score (nSPS) is 25.4. The minimum atomic E-state index is -4.92. The first-order valence-corrected chi connectivity index (χ1v) is 13.8. The Morgan fingerprint density at radius 2 is 1.80 bits per heavy atom. The first kappa shape index (κ1) is 30.8. The number of carbonyl (C=O) groups excluding carboxylic acids is 2. The molecule has 40 heavy (non-hydrogen) atoms. The summed E-state index contributed by atoms with van der Waals surface area (Å²) in [5, 5.41) is 23.5. The summed E-state index contributed by atoms with van der Waals surface area (Å²) in [7, 11) is 0. The number of halogens is 5. The smallest absolute Gasteiger partial charge is 0.373 e. The van der Waals surface area contributed by atoms with Gasteiger partial charge in [-0.25, -0.2) is 0 Å². The number of ketones is 1. The van der Waals surface area contributed by atoms with E-state index in [2.05, 4.69) is 5.10 Å². The number of alkyl halides is 3. The highest BCUT2D eigenvalue weighted by Crippen LogP contribution is 2.44. The summed E-state index contributed by atoms with van der Waals surface area (Å²) in [4.78, 5) is 28.1. The molecular weight excluding hydrogens is 574 g/mol. The van der Waals surface area contributed by atoms with Gasteiger partial charge in [-0.1, -0.05) is 36.2 Å². The molecule has 2 N–H and O–H groups in total. The maximum absolute atomic E-state index is 14.5. The molecule has 4 rings (SSSR count). The van der Waals surface area contributed by atoms with E-state index in [4.69, 9.17) is 27.9 Å². The Bertz CT molecular complexity index is 1230. The van der Waals surface area contributed by atoms with Crippen molar-refractivity contribution < 1.29 is 37.7 Å². The quantitative estimate of drug-likeness (QED) is 0.302. The number of aromatic nitrogens is 2. The monoisotopic (exact) mass is 605 g/mol. The van der Waals surface area contributed by atoms with Crippen molar-refractivity contribution in [2.75, 3.05) is 19.7 Å². The largest absolute Gasteiger partial charge is 0.433 e. The second-order valence-corrected chi connectivity index (χ2v) is 12.0.